The van der Waals surface area contributed by atoms with Crippen LogP contribution in [0.2, 0.25) is 0 Å². The maximum absolute atomic E-state index is 5.84. The number of hydrogen-bond acceptors (Lipinski definition) is 1. The van der Waals surface area contributed by atoms with Crippen molar-refractivity contribution in [3.05, 3.63) is 10.4 Å². The summed E-state index contributed by atoms with van der Waals surface area (Å²) in [6.07, 6.45) is 11.9. The molecule has 0 unspecified atom stereocenters. The topological polar surface area (TPSA) is 9.23 Å². The Balaban J connectivity index is 4.55. The molecule has 0 amide bonds. The van der Waals surface area contributed by atoms with Gasteiger partial charge in [-0.15, -0.1) is 0 Å². The molecule has 3 radical (unpaired) electrons. The molecule has 0 saturated carbocycles. The van der Waals surface area contributed by atoms with Crippen LogP contribution in [0.1, 0.15) is 78.6 Å². The third-order valence-electron chi connectivity index (χ3n) is 3.73. The van der Waals surface area contributed by atoms with E-state index in [2.05, 4.69) is 27.4 Å². The van der Waals surface area contributed by atoms with E-state index in [0.717, 1.165) is 10.4 Å². The van der Waals surface area contributed by atoms with Crippen molar-refractivity contribution in [3.63, 3.8) is 0 Å². The van der Waals surface area contributed by atoms with Crippen LogP contribution in [0.5, 0.6) is 0 Å². The van der Waals surface area contributed by atoms with E-state index < -0.39 is 0 Å². The fourth-order valence-electron chi connectivity index (χ4n) is 2.49. The average Bonchev–Trinajstić information content (AvgIpc) is 2.37. The second-order valence-corrected chi connectivity index (χ2v) is 7.11. The summed E-state index contributed by atoms with van der Waals surface area (Å²) in [4.78, 5) is 0. The molecule has 1 nitrogen and oxygen atoms in total. The standard InChI is InChI=1S/C16H31O.Sn/c1-5-9-12-16(13-10-6-2,14-11-7-3)15-17-8-4;/h4-7,9-15H2,1-3H3;. The van der Waals surface area contributed by atoms with Gasteiger partial charge in [-0.05, 0) is 0 Å². The SMILES string of the molecule is C=[C]([Sn])OCC(CCCC)(CCCC)CCCC. The number of ether oxygens (including phenoxy) is 1. The van der Waals surface area contributed by atoms with Crippen LogP contribution in [-0.2, 0) is 4.74 Å². The summed E-state index contributed by atoms with van der Waals surface area (Å²) in [7, 11) is 0. The van der Waals surface area contributed by atoms with E-state index in [-0.39, 0.29) is 0 Å². The summed E-state index contributed by atoms with van der Waals surface area (Å²) < 4.78 is 6.80. The second kappa shape index (κ2) is 11.2. The molecule has 0 saturated heterocycles. The molecule has 0 aliphatic carbocycles. The molecule has 0 heterocycles. The quantitative estimate of drug-likeness (QED) is 0.344. The van der Waals surface area contributed by atoms with Gasteiger partial charge in [0.05, 0.1) is 0 Å². The van der Waals surface area contributed by atoms with Crippen LogP contribution in [0.25, 0.3) is 0 Å². The van der Waals surface area contributed by atoms with Gasteiger partial charge in [0.1, 0.15) is 0 Å². The van der Waals surface area contributed by atoms with E-state index in [9.17, 15) is 0 Å². The van der Waals surface area contributed by atoms with E-state index in [1.807, 2.05) is 0 Å². The van der Waals surface area contributed by atoms with Crippen molar-refractivity contribution in [3.8, 4) is 0 Å². The molecule has 0 atom stereocenters. The Labute approximate surface area is 128 Å². The molecule has 105 valence electrons. The fourth-order valence-corrected chi connectivity index (χ4v) is 2.69. The van der Waals surface area contributed by atoms with Crippen LogP contribution in [0, 0.1) is 5.41 Å². The third kappa shape index (κ3) is 8.44. The van der Waals surface area contributed by atoms with E-state index >= 15 is 0 Å². The third-order valence-corrected chi connectivity index (χ3v) is 4.15. The number of unbranched alkanes of at least 4 members (excludes halogenated alkanes) is 3. The molecule has 0 spiro atoms. The van der Waals surface area contributed by atoms with Gasteiger partial charge in [0.25, 0.3) is 0 Å². The molecule has 0 bridgehead atoms. The molecular formula is C16H31OSn. The molecule has 0 aromatic rings. The van der Waals surface area contributed by atoms with Crippen molar-refractivity contribution in [1.29, 1.82) is 0 Å². The normalized spacial score (nSPS) is 11.6. The van der Waals surface area contributed by atoms with Crippen molar-refractivity contribution in [2.24, 2.45) is 5.41 Å². The van der Waals surface area contributed by atoms with Gasteiger partial charge in [0.2, 0.25) is 0 Å². The average molecular weight is 358 g/mol. The Bertz CT molecular complexity index is 191. The Kier molecular flexibility index (Phi) is 11.4. The first-order chi connectivity index (χ1) is 8.60. The molecule has 0 fully saturated rings. The summed E-state index contributed by atoms with van der Waals surface area (Å²) in [6.45, 7) is 11.7. The van der Waals surface area contributed by atoms with Crippen LogP contribution in [-0.4, -0.2) is 29.1 Å². The van der Waals surface area contributed by atoms with Gasteiger partial charge >= 0.3 is 128 Å². The fraction of sp³-hybridized carbons (Fsp3) is 0.875. The van der Waals surface area contributed by atoms with E-state index in [4.69, 9.17) is 4.74 Å². The first kappa shape index (κ1) is 18.3. The van der Waals surface area contributed by atoms with Crippen LogP contribution in [0.4, 0.5) is 0 Å². The molecule has 2 heteroatoms. The second-order valence-electron chi connectivity index (χ2n) is 5.52. The Morgan fingerprint density at radius 1 is 0.944 bits per heavy atom. The van der Waals surface area contributed by atoms with E-state index in [1.54, 1.807) is 0 Å². The molecule has 0 aliphatic heterocycles. The van der Waals surface area contributed by atoms with Gasteiger partial charge in [0.15, 0.2) is 0 Å². The predicted octanol–water partition coefficient (Wildman–Crippen LogP) is 5.20. The summed E-state index contributed by atoms with van der Waals surface area (Å²) in [5.74, 6) is 0. The van der Waals surface area contributed by atoms with Gasteiger partial charge in [-0.25, -0.2) is 0 Å². The van der Waals surface area contributed by atoms with Gasteiger partial charge in [0, 0.05) is 0 Å². The van der Waals surface area contributed by atoms with Gasteiger partial charge in [-0.1, -0.05) is 0 Å². The number of hydrogen-bond donors (Lipinski definition) is 0. The van der Waals surface area contributed by atoms with Crippen LogP contribution in [0.3, 0.4) is 0 Å². The Hall–Kier alpha value is 0.339. The van der Waals surface area contributed by atoms with Gasteiger partial charge in [-0.3, -0.25) is 0 Å². The Morgan fingerprint density at radius 2 is 1.33 bits per heavy atom. The first-order valence-electron chi connectivity index (χ1n) is 7.63. The zero-order valence-corrected chi connectivity index (χ0v) is 15.5. The first-order valence-corrected chi connectivity index (χ1v) is 9.06. The van der Waals surface area contributed by atoms with Gasteiger partial charge in [-0.2, -0.15) is 0 Å². The van der Waals surface area contributed by atoms with E-state index in [0.29, 0.717) is 5.41 Å². The van der Waals surface area contributed by atoms with Crippen LogP contribution >= 0.6 is 0 Å². The van der Waals surface area contributed by atoms with Gasteiger partial charge < -0.3 is 0 Å². The minimum absolute atomic E-state index is 0.418. The van der Waals surface area contributed by atoms with Crippen molar-refractivity contribution in [2.75, 3.05) is 6.61 Å². The zero-order chi connectivity index (χ0) is 13.9. The number of rotatable bonds is 12. The predicted molar refractivity (Wildman–Crippen MR) is 81.9 cm³/mol. The van der Waals surface area contributed by atoms with Crippen LogP contribution < -0.4 is 0 Å². The van der Waals surface area contributed by atoms with E-state index in [1.165, 1.54) is 80.3 Å². The molecular weight excluding hydrogens is 327 g/mol. The Morgan fingerprint density at radius 3 is 1.61 bits per heavy atom. The molecule has 0 aromatic heterocycles. The summed E-state index contributed by atoms with van der Waals surface area (Å²) in [5, 5.41) is 0. The molecule has 0 aromatic carbocycles. The summed E-state index contributed by atoms with van der Waals surface area (Å²) in [5.41, 5.74) is 0.418. The molecule has 0 rings (SSSR count). The minimum atomic E-state index is 0.418. The molecule has 18 heavy (non-hydrogen) atoms. The summed E-state index contributed by atoms with van der Waals surface area (Å²) in [6, 6.07) is 0. The van der Waals surface area contributed by atoms with Crippen molar-refractivity contribution in [1.82, 2.24) is 0 Å². The van der Waals surface area contributed by atoms with Crippen molar-refractivity contribution < 1.29 is 4.74 Å². The maximum atomic E-state index is 5.84. The molecule has 0 N–H and O–H groups in total. The summed E-state index contributed by atoms with van der Waals surface area (Å²) >= 11 is 1.31. The monoisotopic (exact) mass is 359 g/mol. The zero-order valence-electron chi connectivity index (χ0n) is 12.7. The van der Waals surface area contributed by atoms with Crippen molar-refractivity contribution >= 4 is 22.5 Å². The van der Waals surface area contributed by atoms with Crippen molar-refractivity contribution in [2.45, 2.75) is 78.6 Å². The van der Waals surface area contributed by atoms with Crippen LogP contribution in [0.15, 0.2) is 10.4 Å². The molecule has 0 aliphatic rings.